The van der Waals surface area contributed by atoms with Gasteiger partial charge in [-0.05, 0) is 24.7 Å². The van der Waals surface area contributed by atoms with Crippen molar-refractivity contribution in [3.05, 3.63) is 23.7 Å². The number of carbonyl (C=O) groups is 2. The molecule has 1 saturated carbocycles. The van der Waals surface area contributed by atoms with Gasteiger partial charge in [0.2, 0.25) is 0 Å². The number of amides is 1. The molecule has 0 aliphatic heterocycles. The van der Waals surface area contributed by atoms with Crippen LogP contribution < -0.4 is 5.32 Å². The highest BCUT2D eigenvalue weighted by Gasteiger charge is 2.36. The highest BCUT2D eigenvalue weighted by molar-refractivity contribution is 5.95. The molecule has 0 bridgehead atoms. The van der Waals surface area contributed by atoms with Gasteiger partial charge in [0.25, 0.3) is 5.91 Å². The Morgan fingerprint density at radius 1 is 1.53 bits per heavy atom. The molecule has 1 amide bonds. The number of rotatable bonds is 5. The van der Waals surface area contributed by atoms with Gasteiger partial charge in [-0.3, -0.25) is 4.79 Å². The predicted molar refractivity (Wildman–Crippen MR) is 60.0 cm³/mol. The Hall–Kier alpha value is -1.78. The third-order valence-corrected chi connectivity index (χ3v) is 3.19. The second kappa shape index (κ2) is 4.24. The Bertz CT molecular complexity index is 445. The van der Waals surface area contributed by atoms with Crippen LogP contribution in [0.15, 0.2) is 16.7 Å². The van der Waals surface area contributed by atoms with E-state index in [0.29, 0.717) is 12.0 Å². The van der Waals surface area contributed by atoms with Crippen LogP contribution >= 0.6 is 0 Å². The molecule has 1 fully saturated rings. The molecule has 0 spiro atoms. The Kier molecular flexibility index (Phi) is 2.92. The molecule has 5 nitrogen and oxygen atoms in total. The number of furan rings is 1. The average molecular weight is 237 g/mol. The molecule has 0 saturated heterocycles. The first-order valence-corrected chi connectivity index (χ1v) is 5.60. The monoisotopic (exact) mass is 237 g/mol. The van der Waals surface area contributed by atoms with Gasteiger partial charge in [0.1, 0.15) is 6.26 Å². The Morgan fingerprint density at radius 3 is 2.76 bits per heavy atom. The van der Waals surface area contributed by atoms with Crippen LogP contribution in [-0.2, 0) is 0 Å². The van der Waals surface area contributed by atoms with E-state index in [1.165, 1.54) is 18.9 Å². The van der Waals surface area contributed by atoms with E-state index < -0.39 is 5.97 Å². The minimum atomic E-state index is -1.10. The van der Waals surface area contributed by atoms with Crippen molar-refractivity contribution in [3.63, 3.8) is 0 Å². The smallest absolute Gasteiger partial charge is 0.338 e. The van der Waals surface area contributed by atoms with E-state index in [9.17, 15) is 9.59 Å². The number of aromatic carboxylic acids is 1. The summed E-state index contributed by atoms with van der Waals surface area (Å²) in [5, 5.41) is 11.4. The molecule has 0 aromatic carbocycles. The van der Waals surface area contributed by atoms with Crippen molar-refractivity contribution in [3.8, 4) is 0 Å². The maximum Gasteiger partial charge on any atom is 0.338 e. The summed E-state index contributed by atoms with van der Waals surface area (Å²) in [4.78, 5) is 22.2. The molecule has 0 atom stereocenters. The van der Waals surface area contributed by atoms with Crippen LogP contribution in [0.5, 0.6) is 0 Å². The molecule has 1 aromatic heterocycles. The van der Waals surface area contributed by atoms with E-state index in [4.69, 9.17) is 9.52 Å². The molecule has 1 heterocycles. The molecule has 0 unspecified atom stereocenters. The molecule has 17 heavy (non-hydrogen) atoms. The van der Waals surface area contributed by atoms with E-state index in [1.807, 2.05) is 0 Å². The largest absolute Gasteiger partial charge is 0.478 e. The van der Waals surface area contributed by atoms with Gasteiger partial charge >= 0.3 is 5.97 Å². The summed E-state index contributed by atoms with van der Waals surface area (Å²) >= 11 is 0. The lowest BCUT2D eigenvalue weighted by molar-refractivity contribution is 0.0696. The molecule has 1 aliphatic rings. The molecular formula is C12H15NO4. The lowest BCUT2D eigenvalue weighted by Crippen LogP contribution is -2.25. The van der Waals surface area contributed by atoms with Gasteiger partial charge in [-0.1, -0.05) is 6.92 Å². The number of nitrogens with one attached hydrogen (secondary N) is 1. The standard InChI is InChI=1S/C12H15NO4/c1-12(2-3-12)4-5-13-10(14)9-6-8(7-17-9)11(15)16/h6-7H,2-5H2,1H3,(H,13,14)(H,15,16). The summed E-state index contributed by atoms with van der Waals surface area (Å²) in [5.74, 6) is -1.41. The van der Waals surface area contributed by atoms with Crippen molar-refractivity contribution in [2.75, 3.05) is 6.54 Å². The van der Waals surface area contributed by atoms with Crippen molar-refractivity contribution < 1.29 is 19.1 Å². The van der Waals surface area contributed by atoms with E-state index in [1.54, 1.807) is 0 Å². The average Bonchev–Trinajstić information content (AvgIpc) is 2.83. The van der Waals surface area contributed by atoms with Crippen molar-refractivity contribution in [1.82, 2.24) is 5.32 Å². The van der Waals surface area contributed by atoms with Crippen molar-refractivity contribution in [2.45, 2.75) is 26.2 Å². The quantitative estimate of drug-likeness (QED) is 0.819. The summed E-state index contributed by atoms with van der Waals surface area (Å²) in [6.07, 6.45) is 4.45. The van der Waals surface area contributed by atoms with Crippen molar-refractivity contribution in [2.24, 2.45) is 5.41 Å². The van der Waals surface area contributed by atoms with Crippen molar-refractivity contribution >= 4 is 11.9 Å². The molecule has 5 heteroatoms. The molecular weight excluding hydrogens is 222 g/mol. The SMILES string of the molecule is CC1(CCNC(=O)c2cc(C(=O)O)co2)CC1. The van der Waals surface area contributed by atoms with E-state index >= 15 is 0 Å². The molecule has 92 valence electrons. The number of carboxylic acid groups (broad SMARTS) is 1. The van der Waals surface area contributed by atoms with Crippen LogP contribution in [0.1, 0.15) is 47.1 Å². The Balaban J connectivity index is 1.84. The highest BCUT2D eigenvalue weighted by Crippen LogP contribution is 2.47. The van der Waals surface area contributed by atoms with Gasteiger partial charge in [-0.2, -0.15) is 0 Å². The van der Waals surface area contributed by atoms with Gasteiger partial charge in [0.15, 0.2) is 5.76 Å². The maximum atomic E-state index is 11.6. The summed E-state index contributed by atoms with van der Waals surface area (Å²) in [5.41, 5.74) is 0.382. The van der Waals surface area contributed by atoms with Crippen LogP contribution in [0.2, 0.25) is 0 Å². The van der Waals surface area contributed by atoms with Crippen LogP contribution in [0.25, 0.3) is 0 Å². The number of carbonyl (C=O) groups excluding carboxylic acids is 1. The van der Waals surface area contributed by atoms with Crippen LogP contribution in [0, 0.1) is 5.41 Å². The third kappa shape index (κ3) is 2.87. The van der Waals surface area contributed by atoms with Crippen LogP contribution in [-0.4, -0.2) is 23.5 Å². The second-order valence-corrected chi connectivity index (χ2v) is 4.82. The minimum Gasteiger partial charge on any atom is -0.478 e. The highest BCUT2D eigenvalue weighted by atomic mass is 16.4. The molecule has 2 N–H and O–H groups in total. The molecule has 1 aliphatic carbocycles. The van der Waals surface area contributed by atoms with E-state index in [0.717, 1.165) is 12.7 Å². The first-order chi connectivity index (χ1) is 8.00. The van der Waals surface area contributed by atoms with Gasteiger partial charge in [0.05, 0.1) is 5.56 Å². The van der Waals surface area contributed by atoms with Gasteiger partial charge in [-0.15, -0.1) is 0 Å². The van der Waals surface area contributed by atoms with Crippen molar-refractivity contribution in [1.29, 1.82) is 0 Å². The first-order valence-electron chi connectivity index (χ1n) is 5.60. The Morgan fingerprint density at radius 2 is 2.24 bits per heavy atom. The number of hydrogen-bond acceptors (Lipinski definition) is 3. The van der Waals surface area contributed by atoms with Gasteiger partial charge in [-0.25, -0.2) is 4.79 Å². The van der Waals surface area contributed by atoms with Gasteiger partial charge < -0.3 is 14.8 Å². The fraction of sp³-hybridized carbons (Fsp3) is 0.500. The topological polar surface area (TPSA) is 79.5 Å². The van der Waals surface area contributed by atoms with E-state index in [-0.39, 0.29) is 17.2 Å². The minimum absolute atomic E-state index is 0.00990. The second-order valence-electron chi connectivity index (χ2n) is 4.82. The fourth-order valence-corrected chi connectivity index (χ4v) is 1.60. The molecule has 0 radical (unpaired) electrons. The number of hydrogen-bond donors (Lipinski definition) is 2. The zero-order chi connectivity index (χ0) is 12.5. The lowest BCUT2D eigenvalue weighted by Gasteiger charge is -2.07. The fourth-order valence-electron chi connectivity index (χ4n) is 1.60. The Labute approximate surface area is 98.8 Å². The van der Waals surface area contributed by atoms with Gasteiger partial charge in [0, 0.05) is 12.6 Å². The maximum absolute atomic E-state index is 11.6. The molecule has 2 rings (SSSR count). The molecule has 1 aromatic rings. The first kappa shape index (κ1) is 11.7. The zero-order valence-electron chi connectivity index (χ0n) is 9.66. The summed E-state index contributed by atoms with van der Waals surface area (Å²) in [7, 11) is 0. The van der Waals surface area contributed by atoms with Crippen LogP contribution in [0.4, 0.5) is 0 Å². The summed E-state index contributed by atoms with van der Waals surface area (Å²) in [6.45, 7) is 2.78. The predicted octanol–water partition coefficient (Wildman–Crippen LogP) is 1.90. The summed E-state index contributed by atoms with van der Waals surface area (Å²) in [6, 6.07) is 1.23. The number of carboxylic acids is 1. The third-order valence-electron chi connectivity index (χ3n) is 3.19. The zero-order valence-corrected chi connectivity index (χ0v) is 9.66. The summed E-state index contributed by atoms with van der Waals surface area (Å²) < 4.78 is 4.89. The van der Waals surface area contributed by atoms with Crippen LogP contribution in [0.3, 0.4) is 0 Å². The lowest BCUT2D eigenvalue weighted by atomic mass is 10.1. The van der Waals surface area contributed by atoms with E-state index in [2.05, 4.69) is 12.2 Å². The normalized spacial score (nSPS) is 16.5.